The molecule has 0 saturated carbocycles. The van der Waals surface area contributed by atoms with Gasteiger partial charge in [0, 0.05) is 71.5 Å². The maximum absolute atomic E-state index is 12.3. The van der Waals surface area contributed by atoms with Crippen LogP contribution < -0.4 is 0 Å². The van der Waals surface area contributed by atoms with Gasteiger partial charge >= 0.3 is 0 Å². The number of aromatic amines is 2. The summed E-state index contributed by atoms with van der Waals surface area (Å²) in [6.45, 7) is 0. The van der Waals surface area contributed by atoms with Gasteiger partial charge in [-0.2, -0.15) is 0 Å². The Hall–Kier alpha value is -5.00. The number of H-pyrrole nitrogens is 2. The largest absolute Gasteiger partial charge is 0.324 e. The van der Waals surface area contributed by atoms with Gasteiger partial charge in [-0.1, -0.05) is 72.8 Å². The molecule has 5 heterocycles. The van der Waals surface area contributed by atoms with E-state index in [2.05, 4.69) is 9.97 Å². The van der Waals surface area contributed by atoms with Crippen molar-refractivity contribution in [1.29, 1.82) is 0 Å². The summed E-state index contributed by atoms with van der Waals surface area (Å²) < 4.78 is 24.6. The van der Waals surface area contributed by atoms with Crippen LogP contribution in [0.2, 0.25) is 0 Å². The summed E-state index contributed by atoms with van der Waals surface area (Å²) in [4.78, 5) is 36.1. The van der Waals surface area contributed by atoms with E-state index in [9.17, 15) is 8.42 Å². The summed E-state index contributed by atoms with van der Waals surface area (Å²) >= 11 is 0. The van der Waals surface area contributed by atoms with Crippen LogP contribution >= 0.6 is 10.7 Å². The summed E-state index contributed by atoms with van der Waals surface area (Å²) in [7, 11) is 1.73. The van der Waals surface area contributed by atoms with Crippen molar-refractivity contribution in [2.24, 2.45) is 0 Å². The van der Waals surface area contributed by atoms with Crippen LogP contribution in [0, 0.1) is 0 Å². The van der Waals surface area contributed by atoms with Gasteiger partial charge < -0.3 is 9.97 Å². The molecule has 0 atom stereocenters. The zero-order valence-corrected chi connectivity index (χ0v) is 25.3. The molecule has 1 radical (unpaired) electrons. The molecule has 0 saturated heterocycles. The molecule has 7 aromatic rings. The Labute approximate surface area is 269 Å². The topological polar surface area (TPSA) is 143 Å². The summed E-state index contributed by atoms with van der Waals surface area (Å²) in [5.74, 6) is 1.85. The van der Waals surface area contributed by atoms with E-state index in [0.717, 1.165) is 33.0 Å². The minimum absolute atomic E-state index is 0. The Bertz CT molecular complexity index is 2670. The summed E-state index contributed by atoms with van der Waals surface area (Å²) in [6, 6.07) is 27.9. The van der Waals surface area contributed by atoms with Gasteiger partial charge in [0.25, 0.3) is 9.05 Å². The second-order valence-electron chi connectivity index (χ2n) is 10.4. The van der Waals surface area contributed by atoms with Crippen LogP contribution in [0.4, 0.5) is 0 Å². The third kappa shape index (κ3) is 4.33. The number of rotatable bonds is 1. The predicted molar refractivity (Wildman–Crippen MR) is 169 cm³/mol. The van der Waals surface area contributed by atoms with E-state index < -0.39 is 9.05 Å². The molecule has 3 aromatic heterocycles. The van der Waals surface area contributed by atoms with E-state index in [1.165, 1.54) is 12.1 Å². The quantitative estimate of drug-likeness (QED) is 0.143. The number of benzene rings is 4. The first-order chi connectivity index (χ1) is 21.4. The number of fused-ring (bicyclic) bond motifs is 20. The Balaban J connectivity index is 0.00000300. The second kappa shape index (κ2) is 10.0. The van der Waals surface area contributed by atoms with Gasteiger partial charge in [0.2, 0.25) is 0 Å². The molecule has 0 unspecified atom stereocenters. The maximum atomic E-state index is 12.3. The predicted octanol–water partition coefficient (Wildman–Crippen LogP) is 6.79. The normalized spacial score (nSPS) is 12.1. The minimum atomic E-state index is -4.00. The number of aromatic nitrogens is 8. The van der Waals surface area contributed by atoms with Crippen molar-refractivity contribution in [3.8, 4) is 45.6 Å². The van der Waals surface area contributed by atoms with Gasteiger partial charge in [0.15, 0.2) is 23.3 Å². The van der Waals surface area contributed by atoms with Gasteiger partial charge in [-0.05, 0) is 18.2 Å². The Kier molecular flexibility index (Phi) is 6.13. The molecule has 9 rings (SSSR count). The van der Waals surface area contributed by atoms with Crippen molar-refractivity contribution in [3.05, 3.63) is 91.0 Å². The fourth-order valence-electron chi connectivity index (χ4n) is 5.77. The third-order valence-electron chi connectivity index (χ3n) is 7.81. The molecular weight excluding hydrogens is 659 g/mol. The molecule has 0 spiro atoms. The average Bonchev–Trinajstić information content (AvgIpc) is 3.76. The van der Waals surface area contributed by atoms with Crippen LogP contribution in [-0.2, 0) is 26.1 Å². The molecule has 13 heteroatoms. The number of hydrogen-bond donors (Lipinski definition) is 2. The zero-order valence-electron chi connectivity index (χ0n) is 22.7. The van der Waals surface area contributed by atoms with Crippen LogP contribution in [0.1, 0.15) is 0 Å². The minimum Gasteiger partial charge on any atom is -0.324 e. The zero-order chi connectivity index (χ0) is 29.6. The van der Waals surface area contributed by atoms with Crippen molar-refractivity contribution >= 4 is 63.9 Å². The van der Waals surface area contributed by atoms with Crippen molar-refractivity contribution < 1.29 is 25.5 Å². The molecule has 45 heavy (non-hydrogen) atoms. The van der Waals surface area contributed by atoms with E-state index in [0.29, 0.717) is 56.7 Å². The first kappa shape index (κ1) is 27.5. The van der Waals surface area contributed by atoms with Crippen molar-refractivity contribution in [1.82, 2.24) is 39.9 Å². The number of hydrogen-bond acceptors (Lipinski definition) is 8. The number of nitrogens with one attached hydrogen (secondary N) is 2. The van der Waals surface area contributed by atoms with Crippen LogP contribution in [0.5, 0.6) is 0 Å². The van der Waals surface area contributed by atoms with E-state index in [4.69, 9.17) is 40.6 Å². The van der Waals surface area contributed by atoms with Crippen molar-refractivity contribution in [3.63, 3.8) is 0 Å². The van der Waals surface area contributed by atoms with Gasteiger partial charge in [-0.3, -0.25) is 0 Å². The fraction of sp³-hybridized carbons (Fsp3) is 0. The van der Waals surface area contributed by atoms with Crippen LogP contribution in [-0.4, -0.2) is 48.3 Å². The molecule has 0 fully saturated rings. The molecule has 2 N–H and O–H groups in total. The van der Waals surface area contributed by atoms with Crippen molar-refractivity contribution in [2.45, 2.75) is 4.90 Å². The first-order valence-corrected chi connectivity index (χ1v) is 15.9. The molecule has 10 nitrogen and oxygen atoms in total. The smallest absolute Gasteiger partial charge is 0.261 e. The van der Waals surface area contributed by atoms with E-state index in [1.807, 2.05) is 72.8 Å². The summed E-state index contributed by atoms with van der Waals surface area (Å²) in [6.07, 6.45) is 0. The van der Waals surface area contributed by atoms with Crippen LogP contribution in [0.25, 0.3) is 89.7 Å². The Morgan fingerprint density at radius 3 is 1.22 bits per heavy atom. The van der Waals surface area contributed by atoms with Crippen LogP contribution in [0.15, 0.2) is 95.9 Å². The molecule has 0 aliphatic carbocycles. The molecule has 2 aliphatic heterocycles. The van der Waals surface area contributed by atoms with Crippen molar-refractivity contribution in [2.75, 3.05) is 0 Å². The second-order valence-corrected chi connectivity index (χ2v) is 13.0. The number of nitrogens with zero attached hydrogens (tertiary/aromatic N) is 6. The number of halogens is 1. The summed E-state index contributed by atoms with van der Waals surface area (Å²) in [5.41, 5.74) is 5.28. The van der Waals surface area contributed by atoms with Gasteiger partial charge in [-0.15, -0.1) is 0 Å². The Morgan fingerprint density at radius 1 is 0.467 bits per heavy atom. The average molecular weight is 677 g/mol. The van der Waals surface area contributed by atoms with Crippen LogP contribution in [0.3, 0.4) is 0 Å². The maximum Gasteiger partial charge on any atom is 0.261 e. The first-order valence-electron chi connectivity index (χ1n) is 13.6. The Morgan fingerprint density at radius 2 is 0.822 bits per heavy atom. The molecule has 8 bridgehead atoms. The summed E-state index contributed by atoms with van der Waals surface area (Å²) in [5, 5.41) is 2.94. The van der Waals surface area contributed by atoms with Gasteiger partial charge in [0.05, 0.1) is 4.90 Å². The van der Waals surface area contributed by atoms with E-state index in [-0.39, 0.29) is 22.0 Å². The molecule has 2 aliphatic rings. The molecule has 0 amide bonds. The molecule has 4 aromatic carbocycles. The van der Waals surface area contributed by atoms with Gasteiger partial charge in [-0.25, -0.2) is 38.3 Å². The monoisotopic (exact) mass is 675 g/mol. The fourth-order valence-corrected chi connectivity index (χ4v) is 6.55. The SMILES string of the molecule is O=S(=O)(Cl)c1ccc2c3nc4nc(nc5[nH]c(nc6nc(nc([nH]3)c2c1)-c1ccccc1-6)c1ccccc51)-c1ccccc1-4.[Cu]. The third-order valence-corrected chi connectivity index (χ3v) is 9.16. The van der Waals surface area contributed by atoms with E-state index >= 15 is 0 Å². The molecular formula is C32H17ClCuN8O2S. The molecule has 221 valence electrons. The van der Waals surface area contributed by atoms with Gasteiger partial charge in [0.1, 0.15) is 22.6 Å². The van der Waals surface area contributed by atoms with E-state index in [1.54, 1.807) is 6.07 Å². The standard InChI is InChI=1S/C32H17ClN8O2S.Cu/c33-44(42,43)16-13-14-23-24(15-16)32-40-30-22-12-6-5-11-21(22)28(38-30)36-26-18-8-2-1-7-17(18)25(34-26)35-27-19-9-3-4-10-20(19)29(37-27)39-31(23)41-32;/h1-15H,(H2,34,35,36,37,38,39,40,41);.